The van der Waals surface area contributed by atoms with Crippen LogP contribution in [0.3, 0.4) is 0 Å². The largest absolute Gasteiger partial charge is 0.415 e. The Morgan fingerprint density at radius 2 is 2.00 bits per heavy atom. The Morgan fingerprint density at radius 1 is 1.42 bits per heavy atom. The van der Waals surface area contributed by atoms with Gasteiger partial charge in [-0.3, -0.25) is 9.28 Å². The van der Waals surface area contributed by atoms with Gasteiger partial charge in [-0.15, -0.1) is 0 Å². The summed E-state index contributed by atoms with van der Waals surface area (Å²) in [5, 5.41) is 0. The van der Waals surface area contributed by atoms with Gasteiger partial charge in [0.2, 0.25) is 6.73 Å². The number of carbonyl (C=O) groups excluding carboxylic acids is 1. The molecule has 0 spiro atoms. The zero-order chi connectivity index (χ0) is 9.61. The second kappa shape index (κ2) is 5.11. The first-order valence-corrected chi connectivity index (χ1v) is 4.12. The molecular weight excluding hydrogens is 156 g/mol. The Kier molecular flexibility index (Phi) is 4.85. The minimum Gasteiger partial charge on any atom is -0.415 e. The van der Waals surface area contributed by atoms with Gasteiger partial charge in [0, 0.05) is 6.42 Å². The van der Waals surface area contributed by atoms with E-state index in [2.05, 4.69) is 0 Å². The lowest BCUT2D eigenvalue weighted by Gasteiger charge is -2.22. The van der Waals surface area contributed by atoms with Gasteiger partial charge in [0.1, 0.15) is 0 Å². The lowest BCUT2D eigenvalue weighted by Crippen LogP contribution is -2.37. The van der Waals surface area contributed by atoms with Crippen molar-refractivity contribution < 1.29 is 14.0 Å². The van der Waals surface area contributed by atoms with E-state index in [-0.39, 0.29) is 5.97 Å². The van der Waals surface area contributed by atoms with Crippen LogP contribution >= 0.6 is 0 Å². The molecule has 0 radical (unpaired) electrons. The highest BCUT2D eigenvalue weighted by Gasteiger charge is 2.10. The molecule has 0 aliphatic carbocycles. The summed E-state index contributed by atoms with van der Waals surface area (Å²) in [5.74, 6) is -0.159. The molecule has 0 bridgehead atoms. The first-order valence-electron chi connectivity index (χ1n) is 4.12. The van der Waals surface area contributed by atoms with E-state index in [0.717, 1.165) is 0 Å². The Labute approximate surface area is 73.9 Å². The summed E-state index contributed by atoms with van der Waals surface area (Å²) in [6.45, 7) is 0.961. The second-order valence-electron chi connectivity index (χ2n) is 3.83. The van der Waals surface area contributed by atoms with Crippen LogP contribution in [0.15, 0.2) is 0 Å². The Balaban J connectivity index is 3.44. The van der Waals surface area contributed by atoms with E-state index in [1.165, 1.54) is 0 Å². The molecule has 0 aliphatic heterocycles. The van der Waals surface area contributed by atoms with Crippen LogP contribution in [0.2, 0.25) is 0 Å². The summed E-state index contributed by atoms with van der Waals surface area (Å²) in [6.07, 6.45) is 1.13. The highest BCUT2D eigenvalue weighted by Crippen LogP contribution is 1.95. The van der Waals surface area contributed by atoms with Gasteiger partial charge in [-0.1, -0.05) is 0 Å². The summed E-state index contributed by atoms with van der Waals surface area (Å²) in [5.41, 5.74) is 5.25. The SMILES string of the molecule is C[N+](C)(C)COC(=O)CCCN. The smallest absolute Gasteiger partial charge is 0.310 e. The van der Waals surface area contributed by atoms with Crippen LogP contribution in [0.4, 0.5) is 0 Å². The van der Waals surface area contributed by atoms with E-state index in [9.17, 15) is 4.79 Å². The average molecular weight is 175 g/mol. The molecular formula is C8H19N2O2+. The van der Waals surface area contributed by atoms with Crippen LogP contribution in [0.25, 0.3) is 0 Å². The average Bonchev–Trinajstić information content (AvgIpc) is 1.95. The van der Waals surface area contributed by atoms with E-state index in [0.29, 0.717) is 30.6 Å². The summed E-state index contributed by atoms with van der Waals surface area (Å²) < 4.78 is 5.62. The molecule has 0 saturated heterocycles. The second-order valence-corrected chi connectivity index (χ2v) is 3.83. The molecule has 72 valence electrons. The maximum atomic E-state index is 11.0. The Bertz CT molecular complexity index is 140. The number of esters is 1. The summed E-state index contributed by atoms with van der Waals surface area (Å²) in [6, 6.07) is 0. The number of carbonyl (C=O) groups is 1. The fourth-order valence-corrected chi connectivity index (χ4v) is 0.584. The molecule has 0 aromatic carbocycles. The van der Waals surface area contributed by atoms with E-state index >= 15 is 0 Å². The van der Waals surface area contributed by atoms with Crippen LogP contribution in [-0.2, 0) is 9.53 Å². The molecule has 0 unspecified atom stereocenters. The topological polar surface area (TPSA) is 52.3 Å². The monoisotopic (exact) mass is 175 g/mol. The zero-order valence-electron chi connectivity index (χ0n) is 8.17. The van der Waals surface area contributed by atoms with Gasteiger partial charge in [-0.2, -0.15) is 0 Å². The molecule has 4 nitrogen and oxygen atoms in total. The molecule has 0 saturated carbocycles. The molecule has 0 aromatic heterocycles. The van der Waals surface area contributed by atoms with E-state index in [4.69, 9.17) is 10.5 Å². The minimum absolute atomic E-state index is 0.159. The zero-order valence-corrected chi connectivity index (χ0v) is 8.17. The minimum atomic E-state index is -0.159. The van der Waals surface area contributed by atoms with Crippen molar-refractivity contribution in [1.29, 1.82) is 0 Å². The van der Waals surface area contributed by atoms with Crippen LogP contribution < -0.4 is 5.73 Å². The van der Waals surface area contributed by atoms with Crippen LogP contribution in [0, 0.1) is 0 Å². The maximum absolute atomic E-state index is 11.0. The van der Waals surface area contributed by atoms with E-state index in [1.807, 2.05) is 21.1 Å². The number of rotatable bonds is 5. The molecule has 0 fully saturated rings. The Hall–Kier alpha value is -0.610. The molecule has 12 heavy (non-hydrogen) atoms. The molecule has 0 atom stereocenters. The summed E-state index contributed by atoms with van der Waals surface area (Å²) >= 11 is 0. The van der Waals surface area contributed by atoms with Crippen molar-refractivity contribution in [3.05, 3.63) is 0 Å². The lowest BCUT2D eigenvalue weighted by molar-refractivity contribution is -0.888. The van der Waals surface area contributed by atoms with Crippen LogP contribution in [0.1, 0.15) is 12.8 Å². The first-order chi connectivity index (χ1) is 5.45. The normalized spacial score (nSPS) is 11.3. The third kappa shape index (κ3) is 7.50. The van der Waals surface area contributed by atoms with Crippen LogP contribution in [-0.4, -0.2) is 44.9 Å². The molecule has 0 heterocycles. The third-order valence-electron chi connectivity index (χ3n) is 1.20. The number of nitrogens with two attached hydrogens (primary N) is 1. The van der Waals surface area contributed by atoms with Crippen molar-refractivity contribution in [3.63, 3.8) is 0 Å². The molecule has 2 N–H and O–H groups in total. The third-order valence-corrected chi connectivity index (χ3v) is 1.20. The van der Waals surface area contributed by atoms with Crippen molar-refractivity contribution in [2.75, 3.05) is 34.4 Å². The molecule has 0 aromatic rings. The fraction of sp³-hybridized carbons (Fsp3) is 0.875. The van der Waals surface area contributed by atoms with Gasteiger partial charge >= 0.3 is 5.97 Å². The van der Waals surface area contributed by atoms with E-state index < -0.39 is 0 Å². The van der Waals surface area contributed by atoms with Gasteiger partial charge in [-0.25, -0.2) is 0 Å². The molecule has 0 amide bonds. The number of nitrogens with zero attached hydrogens (tertiary/aromatic N) is 1. The van der Waals surface area contributed by atoms with Crippen LogP contribution in [0.5, 0.6) is 0 Å². The van der Waals surface area contributed by atoms with Crippen molar-refractivity contribution in [2.24, 2.45) is 5.73 Å². The van der Waals surface area contributed by atoms with Crippen molar-refractivity contribution >= 4 is 5.97 Å². The number of ether oxygens (including phenoxy) is 1. The van der Waals surface area contributed by atoms with Gasteiger partial charge in [0.25, 0.3) is 0 Å². The lowest BCUT2D eigenvalue weighted by atomic mass is 10.3. The van der Waals surface area contributed by atoms with E-state index in [1.54, 1.807) is 0 Å². The summed E-state index contributed by atoms with van der Waals surface area (Å²) in [7, 11) is 5.91. The number of quaternary nitrogens is 1. The predicted molar refractivity (Wildman–Crippen MR) is 47.3 cm³/mol. The highest BCUT2D eigenvalue weighted by molar-refractivity contribution is 5.69. The number of hydrogen-bond donors (Lipinski definition) is 1. The van der Waals surface area contributed by atoms with Gasteiger partial charge in [0.05, 0.1) is 21.1 Å². The number of hydrogen-bond acceptors (Lipinski definition) is 3. The van der Waals surface area contributed by atoms with Gasteiger partial charge < -0.3 is 10.5 Å². The predicted octanol–water partition coefficient (Wildman–Crippen LogP) is -0.0678. The standard InChI is InChI=1S/C8H19N2O2/c1-10(2,3)7-12-8(11)5-4-6-9/h4-7,9H2,1-3H3/q+1. The maximum Gasteiger partial charge on any atom is 0.310 e. The molecule has 4 heteroatoms. The Morgan fingerprint density at radius 3 is 2.42 bits per heavy atom. The molecule has 0 rings (SSSR count). The first kappa shape index (κ1) is 11.4. The molecule has 0 aliphatic rings. The quantitative estimate of drug-likeness (QED) is 0.361. The van der Waals surface area contributed by atoms with Crippen molar-refractivity contribution in [2.45, 2.75) is 12.8 Å². The van der Waals surface area contributed by atoms with Gasteiger partial charge in [-0.05, 0) is 13.0 Å². The fourth-order valence-electron chi connectivity index (χ4n) is 0.584. The van der Waals surface area contributed by atoms with Gasteiger partial charge in [0.15, 0.2) is 0 Å². The highest BCUT2D eigenvalue weighted by atomic mass is 16.5. The van der Waals surface area contributed by atoms with Crippen molar-refractivity contribution in [1.82, 2.24) is 0 Å². The summed E-state index contributed by atoms with van der Waals surface area (Å²) in [4.78, 5) is 11.0. The van der Waals surface area contributed by atoms with Crippen molar-refractivity contribution in [3.8, 4) is 0 Å².